The van der Waals surface area contributed by atoms with Crippen molar-refractivity contribution in [1.29, 1.82) is 0 Å². The quantitative estimate of drug-likeness (QED) is 0.818. The van der Waals surface area contributed by atoms with Crippen molar-refractivity contribution in [1.82, 2.24) is 9.78 Å². The lowest BCUT2D eigenvalue weighted by Gasteiger charge is -2.03. The number of hydrogen-bond donors (Lipinski definition) is 0. The van der Waals surface area contributed by atoms with E-state index in [0.717, 1.165) is 5.56 Å². The highest BCUT2D eigenvalue weighted by Gasteiger charge is 2.21. The number of aliphatic imine (C=N–C) groups is 1. The Labute approximate surface area is 103 Å². The van der Waals surface area contributed by atoms with E-state index in [4.69, 9.17) is 16.3 Å². The maximum Gasteiger partial charge on any atom is 0.218 e. The first-order valence-corrected chi connectivity index (χ1v) is 5.66. The van der Waals surface area contributed by atoms with Crippen LogP contribution in [-0.2, 0) is 4.74 Å². The van der Waals surface area contributed by atoms with Crippen LogP contribution in [0.15, 0.2) is 47.7 Å². The Morgan fingerprint density at radius 3 is 2.82 bits per heavy atom. The molecule has 1 aliphatic heterocycles. The summed E-state index contributed by atoms with van der Waals surface area (Å²) in [5.41, 5.74) is 0.934. The third-order valence-corrected chi connectivity index (χ3v) is 2.81. The van der Waals surface area contributed by atoms with E-state index < -0.39 is 0 Å². The highest BCUT2D eigenvalue weighted by Crippen LogP contribution is 2.20. The van der Waals surface area contributed by atoms with Crippen molar-refractivity contribution in [3.05, 3.63) is 53.3 Å². The van der Waals surface area contributed by atoms with Crippen molar-refractivity contribution in [2.24, 2.45) is 4.99 Å². The lowest BCUT2D eigenvalue weighted by Crippen LogP contribution is -2.08. The fourth-order valence-corrected chi connectivity index (χ4v) is 1.83. The summed E-state index contributed by atoms with van der Waals surface area (Å²) in [5.74, 6) is 0.641. The second-order valence-electron chi connectivity index (χ2n) is 3.72. The van der Waals surface area contributed by atoms with Crippen molar-refractivity contribution in [2.45, 2.75) is 6.17 Å². The molecule has 0 saturated heterocycles. The maximum absolute atomic E-state index is 5.83. The Morgan fingerprint density at radius 2 is 2.12 bits per heavy atom. The monoisotopic (exact) mass is 247 g/mol. The Bertz CT molecular complexity index is 533. The van der Waals surface area contributed by atoms with E-state index in [2.05, 4.69) is 10.1 Å². The molecule has 17 heavy (non-hydrogen) atoms. The Kier molecular flexibility index (Phi) is 2.57. The minimum absolute atomic E-state index is 0.0734. The summed E-state index contributed by atoms with van der Waals surface area (Å²) in [7, 11) is 0. The molecule has 1 atom stereocenters. The molecule has 4 nitrogen and oxygen atoms in total. The van der Waals surface area contributed by atoms with Gasteiger partial charge in [0.2, 0.25) is 5.90 Å². The molecule has 86 valence electrons. The van der Waals surface area contributed by atoms with Crippen molar-refractivity contribution in [3.63, 3.8) is 0 Å². The highest BCUT2D eigenvalue weighted by molar-refractivity contribution is 6.30. The number of rotatable bonds is 2. The van der Waals surface area contributed by atoms with Crippen molar-refractivity contribution in [3.8, 4) is 0 Å². The Hall–Kier alpha value is -1.81. The third kappa shape index (κ3) is 2.03. The zero-order valence-electron chi connectivity index (χ0n) is 8.95. The van der Waals surface area contributed by atoms with Gasteiger partial charge in [0.25, 0.3) is 0 Å². The summed E-state index contributed by atoms with van der Waals surface area (Å²) in [6.07, 6.45) is 3.54. The number of halogens is 1. The van der Waals surface area contributed by atoms with Crippen LogP contribution >= 0.6 is 11.6 Å². The molecular formula is C12H10ClN3O. The lowest BCUT2D eigenvalue weighted by atomic mass is 10.2. The second-order valence-corrected chi connectivity index (χ2v) is 4.16. The van der Waals surface area contributed by atoms with Crippen molar-refractivity contribution in [2.75, 3.05) is 6.61 Å². The van der Waals surface area contributed by atoms with Crippen LogP contribution in [0.3, 0.4) is 0 Å². The smallest absolute Gasteiger partial charge is 0.218 e. The number of ether oxygens (including phenoxy) is 1. The molecule has 1 unspecified atom stereocenters. The van der Waals surface area contributed by atoms with Gasteiger partial charge < -0.3 is 4.74 Å². The Morgan fingerprint density at radius 1 is 1.29 bits per heavy atom. The summed E-state index contributed by atoms with van der Waals surface area (Å²) in [6, 6.07) is 9.31. The molecule has 0 bridgehead atoms. The molecule has 2 aromatic rings. The van der Waals surface area contributed by atoms with Gasteiger partial charge in [-0.05, 0) is 30.3 Å². The molecule has 0 fully saturated rings. The fourth-order valence-electron chi connectivity index (χ4n) is 1.71. The lowest BCUT2D eigenvalue weighted by molar-refractivity contribution is 0.278. The van der Waals surface area contributed by atoms with Gasteiger partial charge in [0.05, 0.1) is 0 Å². The van der Waals surface area contributed by atoms with Gasteiger partial charge in [-0.1, -0.05) is 11.6 Å². The van der Waals surface area contributed by atoms with Gasteiger partial charge in [-0.3, -0.25) is 0 Å². The van der Waals surface area contributed by atoms with E-state index in [9.17, 15) is 0 Å². The van der Waals surface area contributed by atoms with Crippen LogP contribution in [0.4, 0.5) is 0 Å². The van der Waals surface area contributed by atoms with Gasteiger partial charge in [0.1, 0.15) is 6.61 Å². The zero-order chi connectivity index (χ0) is 11.7. The zero-order valence-corrected chi connectivity index (χ0v) is 9.71. The molecule has 0 spiro atoms. The standard InChI is InChI=1S/C12H10ClN3O/c13-10-4-2-9(3-5-10)12-15-11(8-17-12)16-7-1-6-14-16/h1-7,11H,8H2. The van der Waals surface area contributed by atoms with Crippen LogP contribution in [0.2, 0.25) is 5.02 Å². The van der Waals surface area contributed by atoms with E-state index in [1.165, 1.54) is 0 Å². The summed E-state index contributed by atoms with van der Waals surface area (Å²) in [4.78, 5) is 4.48. The summed E-state index contributed by atoms with van der Waals surface area (Å²) >= 11 is 5.83. The minimum Gasteiger partial charge on any atom is -0.473 e. The van der Waals surface area contributed by atoms with Gasteiger partial charge >= 0.3 is 0 Å². The highest BCUT2D eigenvalue weighted by atomic mass is 35.5. The van der Waals surface area contributed by atoms with Gasteiger partial charge in [-0.15, -0.1) is 0 Å². The molecule has 0 amide bonds. The molecule has 2 heterocycles. The van der Waals surface area contributed by atoms with Crippen LogP contribution in [0.1, 0.15) is 11.7 Å². The van der Waals surface area contributed by atoms with Crippen LogP contribution < -0.4 is 0 Å². The average Bonchev–Trinajstić information content (AvgIpc) is 3.00. The molecular weight excluding hydrogens is 238 g/mol. The molecule has 0 radical (unpaired) electrons. The van der Waals surface area contributed by atoms with Crippen LogP contribution in [0.25, 0.3) is 0 Å². The van der Waals surface area contributed by atoms with Crippen molar-refractivity contribution >= 4 is 17.5 Å². The van der Waals surface area contributed by atoms with Crippen LogP contribution in [-0.4, -0.2) is 22.3 Å². The van der Waals surface area contributed by atoms with Gasteiger partial charge in [0, 0.05) is 23.0 Å². The van der Waals surface area contributed by atoms with E-state index in [0.29, 0.717) is 17.5 Å². The van der Waals surface area contributed by atoms with E-state index in [-0.39, 0.29) is 6.17 Å². The average molecular weight is 248 g/mol. The predicted molar refractivity (Wildman–Crippen MR) is 65.2 cm³/mol. The SMILES string of the molecule is Clc1ccc(C2=NC(n3cccn3)CO2)cc1. The van der Waals surface area contributed by atoms with E-state index in [1.54, 1.807) is 10.9 Å². The topological polar surface area (TPSA) is 39.4 Å². The fraction of sp³-hybridized carbons (Fsp3) is 0.167. The number of aromatic nitrogens is 2. The predicted octanol–water partition coefficient (Wildman–Crippen LogP) is 2.51. The van der Waals surface area contributed by atoms with Gasteiger partial charge in [-0.2, -0.15) is 5.10 Å². The van der Waals surface area contributed by atoms with Crippen molar-refractivity contribution < 1.29 is 4.74 Å². The Balaban J connectivity index is 1.86. The first-order chi connectivity index (χ1) is 8.33. The third-order valence-electron chi connectivity index (χ3n) is 2.56. The van der Waals surface area contributed by atoms with Gasteiger partial charge in [0.15, 0.2) is 6.17 Å². The molecule has 3 rings (SSSR count). The first kappa shape index (κ1) is 10.4. The molecule has 0 N–H and O–H groups in total. The molecule has 0 aliphatic carbocycles. The van der Waals surface area contributed by atoms with Gasteiger partial charge in [-0.25, -0.2) is 9.67 Å². The largest absolute Gasteiger partial charge is 0.473 e. The second kappa shape index (κ2) is 4.22. The minimum atomic E-state index is -0.0734. The maximum atomic E-state index is 5.83. The van der Waals surface area contributed by atoms with Crippen LogP contribution in [0.5, 0.6) is 0 Å². The summed E-state index contributed by atoms with van der Waals surface area (Å²) in [5, 5.41) is 4.85. The number of benzene rings is 1. The summed E-state index contributed by atoms with van der Waals surface area (Å²) < 4.78 is 7.34. The molecule has 0 saturated carbocycles. The summed E-state index contributed by atoms with van der Waals surface area (Å²) in [6.45, 7) is 0.514. The van der Waals surface area contributed by atoms with Crippen LogP contribution in [0, 0.1) is 0 Å². The normalized spacial score (nSPS) is 18.9. The molecule has 1 aromatic carbocycles. The molecule has 1 aromatic heterocycles. The number of hydrogen-bond acceptors (Lipinski definition) is 3. The number of nitrogens with zero attached hydrogens (tertiary/aromatic N) is 3. The molecule has 5 heteroatoms. The van der Waals surface area contributed by atoms with E-state index >= 15 is 0 Å². The van der Waals surface area contributed by atoms with E-state index in [1.807, 2.05) is 36.5 Å². The molecule has 1 aliphatic rings. The first-order valence-electron chi connectivity index (χ1n) is 5.28.